The van der Waals surface area contributed by atoms with Crippen LogP contribution in [0.2, 0.25) is 0 Å². The Kier molecular flexibility index (Phi) is 4.56. The molecule has 0 spiro atoms. The molecule has 100 valence electrons. The number of hydrogen-bond acceptors (Lipinski definition) is 2. The summed E-state index contributed by atoms with van der Waals surface area (Å²) in [6, 6.07) is 12.5. The summed E-state index contributed by atoms with van der Waals surface area (Å²) in [7, 11) is 0. The molecule has 2 N–H and O–H groups in total. The summed E-state index contributed by atoms with van der Waals surface area (Å²) in [5.74, 6) is -0.546. The van der Waals surface area contributed by atoms with E-state index in [2.05, 4.69) is 0 Å². The lowest BCUT2D eigenvalue weighted by Gasteiger charge is -2.21. The van der Waals surface area contributed by atoms with Crippen molar-refractivity contribution in [2.45, 2.75) is 23.1 Å². The Morgan fingerprint density at radius 3 is 2.26 bits per heavy atom. The van der Waals surface area contributed by atoms with Gasteiger partial charge in [-0.15, -0.1) is 11.8 Å². The van der Waals surface area contributed by atoms with Gasteiger partial charge in [0.25, 0.3) is 0 Å². The fourth-order valence-corrected chi connectivity index (χ4v) is 2.96. The second kappa shape index (κ2) is 6.17. The Morgan fingerprint density at radius 1 is 1.00 bits per heavy atom. The molecule has 0 saturated carbocycles. The second-order valence-corrected chi connectivity index (χ2v) is 5.62. The van der Waals surface area contributed by atoms with Crippen LogP contribution in [0.1, 0.15) is 17.7 Å². The summed E-state index contributed by atoms with van der Waals surface area (Å²) < 4.78 is 26.1. The zero-order valence-corrected chi connectivity index (χ0v) is 11.3. The highest BCUT2D eigenvalue weighted by Gasteiger charge is 2.18. The highest BCUT2D eigenvalue weighted by molar-refractivity contribution is 7.99. The van der Waals surface area contributed by atoms with Crippen LogP contribution >= 0.6 is 11.8 Å². The van der Waals surface area contributed by atoms with E-state index in [0.717, 1.165) is 10.5 Å². The van der Waals surface area contributed by atoms with E-state index in [0.29, 0.717) is 0 Å². The van der Waals surface area contributed by atoms with Gasteiger partial charge in [-0.05, 0) is 42.8 Å². The second-order valence-electron chi connectivity index (χ2n) is 4.41. The summed E-state index contributed by atoms with van der Waals surface area (Å²) in [6.45, 7) is 1.89. The molecule has 2 atom stereocenters. The van der Waals surface area contributed by atoms with Crippen LogP contribution < -0.4 is 5.73 Å². The van der Waals surface area contributed by atoms with Gasteiger partial charge in [0.05, 0.1) is 0 Å². The lowest BCUT2D eigenvalue weighted by molar-refractivity contribution is 0.623. The summed E-state index contributed by atoms with van der Waals surface area (Å²) in [6.07, 6.45) is 0. The monoisotopic (exact) mass is 279 g/mol. The Labute approximate surface area is 115 Å². The zero-order chi connectivity index (χ0) is 13.8. The van der Waals surface area contributed by atoms with Crippen LogP contribution in [-0.4, -0.2) is 6.04 Å². The number of thioether (sulfide) groups is 1. The predicted octanol–water partition coefficient (Wildman–Crippen LogP) is 4.15. The average molecular weight is 279 g/mol. The lowest BCUT2D eigenvalue weighted by atomic mass is 10.1. The van der Waals surface area contributed by atoms with E-state index < -0.39 is 0 Å². The molecule has 2 rings (SSSR count). The third-order valence-corrected chi connectivity index (χ3v) is 4.22. The lowest BCUT2D eigenvalue weighted by Crippen LogP contribution is -2.22. The van der Waals surface area contributed by atoms with Crippen LogP contribution in [0.3, 0.4) is 0 Å². The zero-order valence-electron chi connectivity index (χ0n) is 10.5. The summed E-state index contributed by atoms with van der Waals surface area (Å²) in [5.41, 5.74) is 6.92. The topological polar surface area (TPSA) is 26.0 Å². The molecule has 0 aromatic heterocycles. The summed E-state index contributed by atoms with van der Waals surface area (Å²) in [4.78, 5) is 0.812. The van der Waals surface area contributed by atoms with Gasteiger partial charge in [0.1, 0.15) is 11.6 Å². The van der Waals surface area contributed by atoms with Gasteiger partial charge in [0.15, 0.2) is 0 Å². The van der Waals surface area contributed by atoms with Crippen LogP contribution in [-0.2, 0) is 0 Å². The standard InChI is InChI=1S/C15H15F2NS/c1-10(18)15(11-5-7-12(16)8-6-11)19-14-4-2-3-13(17)9-14/h2-10,15H,18H2,1H3. The first-order valence-electron chi connectivity index (χ1n) is 5.99. The normalized spacial score (nSPS) is 14.1. The number of rotatable bonds is 4. The highest BCUT2D eigenvalue weighted by atomic mass is 32.2. The molecule has 0 aliphatic heterocycles. The quantitative estimate of drug-likeness (QED) is 0.851. The van der Waals surface area contributed by atoms with E-state index in [4.69, 9.17) is 5.73 Å². The Hall–Kier alpha value is -1.39. The van der Waals surface area contributed by atoms with Crippen molar-refractivity contribution < 1.29 is 8.78 Å². The third-order valence-electron chi connectivity index (χ3n) is 2.74. The maximum Gasteiger partial charge on any atom is 0.124 e. The van der Waals surface area contributed by atoms with Crippen LogP contribution in [0.15, 0.2) is 53.4 Å². The Balaban J connectivity index is 2.23. The molecule has 0 aliphatic rings. The van der Waals surface area contributed by atoms with Gasteiger partial charge in [-0.25, -0.2) is 8.78 Å². The largest absolute Gasteiger partial charge is 0.327 e. The van der Waals surface area contributed by atoms with Gasteiger partial charge in [-0.2, -0.15) is 0 Å². The van der Waals surface area contributed by atoms with Crippen molar-refractivity contribution in [3.8, 4) is 0 Å². The molecular formula is C15H15F2NS. The van der Waals surface area contributed by atoms with E-state index >= 15 is 0 Å². The van der Waals surface area contributed by atoms with E-state index in [-0.39, 0.29) is 22.9 Å². The van der Waals surface area contributed by atoms with Crippen molar-refractivity contribution in [2.75, 3.05) is 0 Å². The number of halogens is 2. The van der Waals surface area contributed by atoms with Crippen molar-refractivity contribution in [3.05, 3.63) is 65.7 Å². The molecule has 0 radical (unpaired) electrons. The van der Waals surface area contributed by atoms with Crippen molar-refractivity contribution in [1.29, 1.82) is 0 Å². The number of hydrogen-bond donors (Lipinski definition) is 1. The minimum Gasteiger partial charge on any atom is -0.327 e. The van der Waals surface area contributed by atoms with Gasteiger partial charge >= 0.3 is 0 Å². The van der Waals surface area contributed by atoms with Crippen LogP contribution in [0.4, 0.5) is 8.78 Å². The molecule has 1 nitrogen and oxygen atoms in total. The molecule has 0 saturated heterocycles. The average Bonchev–Trinajstić information content (AvgIpc) is 2.37. The van der Waals surface area contributed by atoms with E-state index in [1.807, 2.05) is 13.0 Å². The fourth-order valence-electron chi connectivity index (χ4n) is 1.82. The molecule has 4 heteroatoms. The molecule has 0 heterocycles. The molecule has 19 heavy (non-hydrogen) atoms. The van der Waals surface area contributed by atoms with Crippen molar-refractivity contribution >= 4 is 11.8 Å². The first-order chi connectivity index (χ1) is 9.06. The van der Waals surface area contributed by atoms with Crippen molar-refractivity contribution in [3.63, 3.8) is 0 Å². The number of nitrogens with two attached hydrogens (primary N) is 1. The third kappa shape index (κ3) is 3.78. The minimum absolute atomic E-state index is 0.0394. The highest BCUT2D eigenvalue weighted by Crippen LogP contribution is 2.37. The van der Waals surface area contributed by atoms with Crippen LogP contribution in [0.5, 0.6) is 0 Å². The SMILES string of the molecule is CC(N)C(Sc1cccc(F)c1)c1ccc(F)cc1. The van der Waals surface area contributed by atoms with E-state index in [1.54, 1.807) is 18.2 Å². The van der Waals surface area contributed by atoms with Gasteiger partial charge < -0.3 is 5.73 Å². The molecule has 2 unspecified atom stereocenters. The van der Waals surface area contributed by atoms with E-state index in [1.165, 1.54) is 36.0 Å². The molecule has 0 aliphatic carbocycles. The minimum atomic E-state index is -0.275. The molecule has 2 aromatic carbocycles. The summed E-state index contributed by atoms with van der Waals surface area (Å²) in [5, 5.41) is -0.0394. The Bertz CT molecular complexity index is 540. The van der Waals surface area contributed by atoms with Crippen molar-refractivity contribution in [2.24, 2.45) is 5.73 Å². The Morgan fingerprint density at radius 2 is 1.68 bits per heavy atom. The van der Waals surface area contributed by atoms with Crippen molar-refractivity contribution in [1.82, 2.24) is 0 Å². The smallest absolute Gasteiger partial charge is 0.124 e. The first kappa shape index (κ1) is 14.0. The van der Waals surface area contributed by atoms with E-state index in [9.17, 15) is 8.78 Å². The molecule has 0 amide bonds. The molecular weight excluding hydrogens is 264 g/mol. The van der Waals surface area contributed by atoms with Crippen LogP contribution in [0.25, 0.3) is 0 Å². The first-order valence-corrected chi connectivity index (χ1v) is 6.87. The molecule has 2 aromatic rings. The predicted molar refractivity (Wildman–Crippen MR) is 75.0 cm³/mol. The van der Waals surface area contributed by atoms with Gasteiger partial charge in [0, 0.05) is 16.2 Å². The summed E-state index contributed by atoms with van der Waals surface area (Å²) >= 11 is 1.48. The van der Waals surface area contributed by atoms with Gasteiger partial charge in [-0.1, -0.05) is 18.2 Å². The fraction of sp³-hybridized carbons (Fsp3) is 0.200. The maximum atomic E-state index is 13.2. The van der Waals surface area contributed by atoms with Gasteiger partial charge in [0.2, 0.25) is 0 Å². The van der Waals surface area contributed by atoms with Crippen LogP contribution in [0, 0.1) is 11.6 Å². The maximum absolute atomic E-state index is 13.2. The number of benzene rings is 2. The van der Waals surface area contributed by atoms with Gasteiger partial charge in [-0.3, -0.25) is 0 Å². The molecule has 0 fully saturated rings. The molecule has 0 bridgehead atoms.